The molecule has 2 heteroatoms. The molecule has 2 atom stereocenters. The van der Waals surface area contributed by atoms with E-state index in [0.717, 1.165) is 11.9 Å². The van der Waals surface area contributed by atoms with Crippen LogP contribution >= 0.6 is 11.8 Å². The van der Waals surface area contributed by atoms with Crippen LogP contribution < -0.4 is 0 Å². The monoisotopic (exact) mass is 158 g/mol. The summed E-state index contributed by atoms with van der Waals surface area (Å²) >= 11 is 2.16. The molecule has 0 aromatic rings. The highest BCUT2D eigenvalue weighted by Gasteiger charge is 2.26. The standard InChI is InChI=1S/C8H14OS/c1-4-9-7-2-3-8(6-7)10-5-1/h7-8H,1-6H2. The Morgan fingerprint density at radius 1 is 1.30 bits per heavy atom. The Morgan fingerprint density at radius 2 is 2.30 bits per heavy atom. The fraction of sp³-hybridized carbons (Fsp3) is 1.00. The fourth-order valence-electron chi connectivity index (χ4n) is 1.76. The Morgan fingerprint density at radius 3 is 3.30 bits per heavy atom. The second-order valence-electron chi connectivity index (χ2n) is 3.15. The molecule has 2 aliphatic rings. The molecular weight excluding hydrogens is 144 g/mol. The average Bonchev–Trinajstić information content (AvgIpc) is 2.30. The molecule has 0 radical (unpaired) electrons. The number of fused-ring (bicyclic) bond motifs is 2. The largest absolute Gasteiger partial charge is 0.378 e. The first-order valence-electron chi connectivity index (χ1n) is 4.18. The molecule has 1 nitrogen and oxygen atoms in total. The Balaban J connectivity index is 1.91. The van der Waals surface area contributed by atoms with Gasteiger partial charge in [-0.1, -0.05) is 0 Å². The molecule has 0 aromatic heterocycles. The lowest BCUT2D eigenvalue weighted by Crippen LogP contribution is -2.13. The molecule has 0 amide bonds. The molecule has 1 heterocycles. The van der Waals surface area contributed by atoms with Crippen molar-refractivity contribution in [1.29, 1.82) is 0 Å². The zero-order valence-corrected chi connectivity index (χ0v) is 7.03. The highest BCUT2D eigenvalue weighted by Crippen LogP contribution is 2.33. The normalized spacial score (nSPS) is 40.8. The van der Waals surface area contributed by atoms with Crippen molar-refractivity contribution >= 4 is 11.8 Å². The lowest BCUT2D eigenvalue weighted by Gasteiger charge is -2.15. The Labute approximate surface area is 66.5 Å². The van der Waals surface area contributed by atoms with Crippen molar-refractivity contribution in [3.05, 3.63) is 0 Å². The summed E-state index contributed by atoms with van der Waals surface area (Å²) in [7, 11) is 0. The number of hydrogen-bond donors (Lipinski definition) is 0. The minimum absolute atomic E-state index is 0.623. The predicted octanol–water partition coefficient (Wildman–Crippen LogP) is 2.06. The molecule has 2 rings (SSSR count). The Bertz CT molecular complexity index is 104. The van der Waals surface area contributed by atoms with Gasteiger partial charge in [-0.3, -0.25) is 0 Å². The van der Waals surface area contributed by atoms with Gasteiger partial charge in [-0.25, -0.2) is 0 Å². The lowest BCUT2D eigenvalue weighted by molar-refractivity contribution is 0.0587. The lowest BCUT2D eigenvalue weighted by atomic mass is 10.3. The molecule has 2 unspecified atom stereocenters. The van der Waals surface area contributed by atoms with E-state index >= 15 is 0 Å². The SMILES string of the molecule is C1COC2CCC(C2)SC1. The topological polar surface area (TPSA) is 9.23 Å². The summed E-state index contributed by atoms with van der Waals surface area (Å²) in [4.78, 5) is 0. The van der Waals surface area contributed by atoms with Crippen LogP contribution in [0.4, 0.5) is 0 Å². The van der Waals surface area contributed by atoms with Gasteiger partial charge in [-0.15, -0.1) is 0 Å². The number of rotatable bonds is 0. The first-order chi connectivity index (χ1) is 4.95. The van der Waals surface area contributed by atoms with Gasteiger partial charge < -0.3 is 4.74 Å². The second kappa shape index (κ2) is 3.14. The molecule has 1 aliphatic heterocycles. The molecule has 58 valence electrons. The van der Waals surface area contributed by atoms with E-state index in [1.807, 2.05) is 0 Å². The van der Waals surface area contributed by atoms with Crippen molar-refractivity contribution in [3.63, 3.8) is 0 Å². The van der Waals surface area contributed by atoms with Gasteiger partial charge in [0.05, 0.1) is 6.10 Å². The van der Waals surface area contributed by atoms with Crippen LogP contribution in [0.2, 0.25) is 0 Å². The van der Waals surface area contributed by atoms with Gasteiger partial charge in [0.15, 0.2) is 0 Å². The molecular formula is C8H14OS. The van der Waals surface area contributed by atoms with Crippen molar-refractivity contribution in [2.45, 2.75) is 37.0 Å². The van der Waals surface area contributed by atoms with E-state index in [1.165, 1.54) is 31.4 Å². The van der Waals surface area contributed by atoms with Gasteiger partial charge in [-0.05, 0) is 31.4 Å². The minimum Gasteiger partial charge on any atom is -0.378 e. The van der Waals surface area contributed by atoms with Crippen LogP contribution in [-0.2, 0) is 4.74 Å². The van der Waals surface area contributed by atoms with Crippen LogP contribution in [0.3, 0.4) is 0 Å². The Kier molecular flexibility index (Phi) is 2.19. The van der Waals surface area contributed by atoms with Crippen LogP contribution in [0.25, 0.3) is 0 Å². The summed E-state index contributed by atoms with van der Waals surface area (Å²) in [5, 5.41) is 0.935. The maximum absolute atomic E-state index is 5.66. The molecule has 0 aromatic carbocycles. The van der Waals surface area contributed by atoms with E-state index in [-0.39, 0.29) is 0 Å². The molecule has 1 aliphatic carbocycles. The highest BCUT2D eigenvalue weighted by molar-refractivity contribution is 7.99. The maximum Gasteiger partial charge on any atom is 0.0586 e. The summed E-state index contributed by atoms with van der Waals surface area (Å²) in [6, 6.07) is 0. The van der Waals surface area contributed by atoms with E-state index in [9.17, 15) is 0 Å². The molecule has 2 fully saturated rings. The van der Waals surface area contributed by atoms with Crippen molar-refractivity contribution in [2.24, 2.45) is 0 Å². The van der Waals surface area contributed by atoms with Crippen molar-refractivity contribution < 1.29 is 4.74 Å². The molecule has 1 saturated carbocycles. The van der Waals surface area contributed by atoms with E-state index in [2.05, 4.69) is 11.8 Å². The van der Waals surface area contributed by atoms with Gasteiger partial charge >= 0.3 is 0 Å². The van der Waals surface area contributed by atoms with Crippen LogP contribution in [0, 0.1) is 0 Å². The summed E-state index contributed by atoms with van der Waals surface area (Å²) < 4.78 is 5.66. The van der Waals surface area contributed by atoms with E-state index in [1.54, 1.807) is 0 Å². The van der Waals surface area contributed by atoms with Crippen molar-refractivity contribution in [2.75, 3.05) is 12.4 Å². The first-order valence-corrected chi connectivity index (χ1v) is 5.23. The summed E-state index contributed by atoms with van der Waals surface area (Å²) in [6.45, 7) is 1.00. The van der Waals surface area contributed by atoms with Crippen molar-refractivity contribution in [1.82, 2.24) is 0 Å². The average molecular weight is 158 g/mol. The third-order valence-electron chi connectivity index (χ3n) is 2.33. The molecule has 10 heavy (non-hydrogen) atoms. The van der Waals surface area contributed by atoms with Crippen LogP contribution in [-0.4, -0.2) is 23.7 Å². The number of hydrogen-bond acceptors (Lipinski definition) is 2. The first kappa shape index (κ1) is 6.99. The molecule has 1 saturated heterocycles. The van der Waals surface area contributed by atoms with Crippen LogP contribution in [0.15, 0.2) is 0 Å². The fourth-order valence-corrected chi connectivity index (χ4v) is 3.03. The number of thioether (sulfide) groups is 1. The van der Waals surface area contributed by atoms with Crippen LogP contribution in [0.5, 0.6) is 0 Å². The minimum atomic E-state index is 0.623. The van der Waals surface area contributed by atoms with Gasteiger partial charge in [-0.2, -0.15) is 11.8 Å². The van der Waals surface area contributed by atoms with Crippen LogP contribution in [0.1, 0.15) is 25.7 Å². The molecule has 0 spiro atoms. The highest BCUT2D eigenvalue weighted by atomic mass is 32.2. The maximum atomic E-state index is 5.66. The predicted molar refractivity (Wildman–Crippen MR) is 44.5 cm³/mol. The van der Waals surface area contributed by atoms with Crippen molar-refractivity contribution in [3.8, 4) is 0 Å². The van der Waals surface area contributed by atoms with Gasteiger partial charge in [0.1, 0.15) is 0 Å². The zero-order valence-electron chi connectivity index (χ0n) is 6.21. The zero-order chi connectivity index (χ0) is 6.81. The summed E-state index contributed by atoms with van der Waals surface area (Å²) in [5.74, 6) is 1.32. The third kappa shape index (κ3) is 1.48. The van der Waals surface area contributed by atoms with E-state index < -0.39 is 0 Å². The smallest absolute Gasteiger partial charge is 0.0586 e. The Hall–Kier alpha value is 0.310. The number of ether oxygens (including phenoxy) is 1. The van der Waals surface area contributed by atoms with Gasteiger partial charge in [0.25, 0.3) is 0 Å². The molecule has 0 N–H and O–H groups in total. The summed E-state index contributed by atoms with van der Waals surface area (Å²) in [5.41, 5.74) is 0. The second-order valence-corrected chi connectivity index (χ2v) is 4.56. The quantitative estimate of drug-likeness (QED) is 0.533. The third-order valence-corrected chi connectivity index (χ3v) is 3.76. The van der Waals surface area contributed by atoms with Gasteiger partial charge in [0, 0.05) is 11.9 Å². The molecule has 2 bridgehead atoms. The van der Waals surface area contributed by atoms with E-state index in [4.69, 9.17) is 4.74 Å². The van der Waals surface area contributed by atoms with Gasteiger partial charge in [0.2, 0.25) is 0 Å². The van der Waals surface area contributed by atoms with E-state index in [0.29, 0.717) is 6.10 Å². The summed E-state index contributed by atoms with van der Waals surface area (Å²) in [6.07, 6.45) is 5.92.